The summed E-state index contributed by atoms with van der Waals surface area (Å²) in [5, 5.41) is 0.129. The monoisotopic (exact) mass is 341 g/mol. The van der Waals surface area contributed by atoms with Crippen LogP contribution in [0.2, 0.25) is 5.02 Å². The number of sulfonamides is 1. The lowest BCUT2D eigenvalue weighted by Crippen LogP contribution is -2.33. The maximum absolute atomic E-state index is 11.9. The summed E-state index contributed by atoms with van der Waals surface area (Å²) < 4.78 is 24.5. The van der Waals surface area contributed by atoms with Gasteiger partial charge in [-0.3, -0.25) is 4.84 Å². The van der Waals surface area contributed by atoms with E-state index in [9.17, 15) is 8.42 Å². The molecule has 0 unspecified atom stereocenters. The van der Waals surface area contributed by atoms with Gasteiger partial charge in [0.2, 0.25) is 0 Å². The lowest BCUT2D eigenvalue weighted by atomic mass is 10.2. The molecular weight excluding hydrogens is 330 g/mol. The molecule has 0 saturated heterocycles. The fourth-order valence-corrected chi connectivity index (χ4v) is 2.91. The van der Waals surface area contributed by atoms with E-state index >= 15 is 0 Å². The Hall–Kier alpha value is -0.140. The predicted molar refractivity (Wildman–Crippen MR) is 70.3 cm³/mol. The molecule has 0 saturated carbocycles. The average Bonchev–Trinajstić information content (AvgIpc) is 2.13. The minimum Gasteiger partial charge on any atom is -0.281 e. The van der Waals surface area contributed by atoms with Crippen molar-refractivity contribution in [3.8, 4) is 0 Å². The molecule has 0 atom stereocenters. The molecule has 4 nitrogen and oxygen atoms in total. The van der Waals surface area contributed by atoms with E-state index in [1.54, 1.807) is 26.8 Å². The standard InChI is InChI=1S/C10H13BrClNO3S/c1-10(2,3)16-13-17(14,15)9-5-4-7(11)6-8(9)12/h4-6,13H,1-3H3. The highest BCUT2D eigenvalue weighted by Crippen LogP contribution is 2.25. The van der Waals surface area contributed by atoms with Crippen molar-refractivity contribution in [2.75, 3.05) is 0 Å². The highest BCUT2D eigenvalue weighted by Gasteiger charge is 2.21. The largest absolute Gasteiger partial charge is 0.281 e. The van der Waals surface area contributed by atoms with Gasteiger partial charge in [-0.05, 0) is 39.0 Å². The summed E-state index contributed by atoms with van der Waals surface area (Å²) in [5.74, 6) is 0. The Kier molecular flexibility index (Phi) is 4.60. The third-order valence-electron chi connectivity index (χ3n) is 1.64. The number of halogens is 2. The van der Waals surface area contributed by atoms with Gasteiger partial charge < -0.3 is 0 Å². The average molecular weight is 343 g/mol. The van der Waals surface area contributed by atoms with Gasteiger partial charge in [0.1, 0.15) is 4.90 Å². The van der Waals surface area contributed by atoms with E-state index in [-0.39, 0.29) is 9.92 Å². The Bertz CT molecular complexity index is 511. The molecule has 1 aromatic rings. The number of benzene rings is 1. The molecule has 17 heavy (non-hydrogen) atoms. The molecule has 0 aliphatic heterocycles. The fraction of sp³-hybridized carbons (Fsp3) is 0.400. The van der Waals surface area contributed by atoms with Crippen molar-refractivity contribution in [2.24, 2.45) is 0 Å². The second-order valence-electron chi connectivity index (χ2n) is 4.38. The van der Waals surface area contributed by atoms with Crippen molar-refractivity contribution >= 4 is 37.6 Å². The molecule has 0 aromatic heterocycles. The lowest BCUT2D eigenvalue weighted by molar-refractivity contribution is -0.0357. The van der Waals surface area contributed by atoms with Gasteiger partial charge >= 0.3 is 0 Å². The minimum atomic E-state index is -3.77. The van der Waals surface area contributed by atoms with Crippen molar-refractivity contribution in [1.29, 1.82) is 0 Å². The molecule has 0 heterocycles. The third-order valence-corrected chi connectivity index (χ3v) is 3.80. The highest BCUT2D eigenvalue weighted by molar-refractivity contribution is 9.10. The first-order chi connectivity index (χ1) is 7.62. The first-order valence-corrected chi connectivity index (χ1v) is 7.42. The van der Waals surface area contributed by atoms with Crippen LogP contribution in [0.25, 0.3) is 0 Å². The molecule has 96 valence electrons. The van der Waals surface area contributed by atoms with Crippen LogP contribution in [-0.4, -0.2) is 14.0 Å². The van der Waals surface area contributed by atoms with Crippen molar-refractivity contribution in [3.05, 3.63) is 27.7 Å². The summed E-state index contributed by atoms with van der Waals surface area (Å²) in [6.45, 7) is 5.20. The Morgan fingerprint density at radius 3 is 2.41 bits per heavy atom. The van der Waals surface area contributed by atoms with E-state index in [1.165, 1.54) is 12.1 Å². The molecule has 7 heteroatoms. The highest BCUT2D eigenvalue weighted by atomic mass is 79.9. The zero-order valence-electron chi connectivity index (χ0n) is 9.62. The van der Waals surface area contributed by atoms with Gasteiger partial charge in [0.25, 0.3) is 10.0 Å². The van der Waals surface area contributed by atoms with E-state index in [1.807, 2.05) is 4.89 Å². The molecule has 0 aliphatic rings. The van der Waals surface area contributed by atoms with Crippen LogP contribution in [0.3, 0.4) is 0 Å². The van der Waals surface area contributed by atoms with Crippen LogP contribution in [0.15, 0.2) is 27.6 Å². The number of nitrogens with one attached hydrogen (secondary N) is 1. The van der Waals surface area contributed by atoms with Crippen LogP contribution in [-0.2, 0) is 14.9 Å². The van der Waals surface area contributed by atoms with E-state index in [4.69, 9.17) is 16.4 Å². The summed E-state index contributed by atoms with van der Waals surface area (Å²) in [7, 11) is -3.77. The van der Waals surface area contributed by atoms with Crippen molar-refractivity contribution in [3.63, 3.8) is 0 Å². The first-order valence-electron chi connectivity index (χ1n) is 4.77. The number of hydrogen-bond donors (Lipinski definition) is 1. The molecule has 1 N–H and O–H groups in total. The summed E-state index contributed by atoms with van der Waals surface area (Å²) in [6, 6.07) is 4.51. The van der Waals surface area contributed by atoms with Gasteiger partial charge in [0.15, 0.2) is 0 Å². The fourth-order valence-electron chi connectivity index (χ4n) is 0.918. The molecule has 1 aromatic carbocycles. The van der Waals surface area contributed by atoms with Gasteiger partial charge in [-0.25, -0.2) is 8.42 Å². The zero-order chi connectivity index (χ0) is 13.3. The summed E-state index contributed by atoms with van der Waals surface area (Å²) in [6.07, 6.45) is 0. The smallest absolute Gasteiger partial charge is 0.263 e. The maximum Gasteiger partial charge on any atom is 0.263 e. The van der Waals surface area contributed by atoms with Crippen LogP contribution in [0, 0.1) is 0 Å². The second kappa shape index (κ2) is 5.24. The van der Waals surface area contributed by atoms with Crippen molar-refractivity contribution in [1.82, 2.24) is 4.89 Å². The summed E-state index contributed by atoms with van der Waals surface area (Å²) in [4.78, 5) is 7.05. The van der Waals surface area contributed by atoms with Crippen LogP contribution in [0.5, 0.6) is 0 Å². The Morgan fingerprint density at radius 2 is 1.94 bits per heavy atom. The molecule has 0 aliphatic carbocycles. The molecule has 0 fully saturated rings. The zero-order valence-corrected chi connectivity index (χ0v) is 12.8. The molecule has 1 rings (SSSR count). The van der Waals surface area contributed by atoms with E-state index in [0.29, 0.717) is 4.47 Å². The van der Waals surface area contributed by atoms with Crippen LogP contribution in [0.1, 0.15) is 20.8 Å². The van der Waals surface area contributed by atoms with Crippen molar-refractivity contribution < 1.29 is 13.3 Å². The molecule has 0 radical (unpaired) electrons. The van der Waals surface area contributed by atoms with Gasteiger partial charge in [-0.1, -0.05) is 32.4 Å². The van der Waals surface area contributed by atoms with Crippen molar-refractivity contribution in [2.45, 2.75) is 31.3 Å². The topological polar surface area (TPSA) is 55.4 Å². The van der Waals surface area contributed by atoms with Crippen LogP contribution < -0.4 is 4.89 Å². The lowest BCUT2D eigenvalue weighted by Gasteiger charge is -2.19. The second-order valence-corrected chi connectivity index (χ2v) is 7.31. The molecule has 0 bridgehead atoms. The summed E-state index contributed by atoms with van der Waals surface area (Å²) in [5.41, 5.74) is -0.616. The Labute approximate surface area is 114 Å². The van der Waals surface area contributed by atoms with Gasteiger partial charge in [0.05, 0.1) is 10.6 Å². The van der Waals surface area contributed by atoms with Gasteiger partial charge in [-0.15, -0.1) is 0 Å². The third kappa shape index (κ3) is 4.56. The first kappa shape index (κ1) is 14.9. The Morgan fingerprint density at radius 1 is 1.35 bits per heavy atom. The number of hydrogen-bond acceptors (Lipinski definition) is 3. The SMILES string of the molecule is CC(C)(C)ONS(=O)(=O)c1ccc(Br)cc1Cl. The normalized spacial score (nSPS) is 12.8. The minimum absolute atomic E-state index is 0.0217. The molecule has 0 spiro atoms. The quantitative estimate of drug-likeness (QED) is 0.859. The van der Waals surface area contributed by atoms with E-state index in [2.05, 4.69) is 15.9 Å². The Balaban J connectivity index is 2.98. The van der Waals surface area contributed by atoms with E-state index in [0.717, 1.165) is 0 Å². The van der Waals surface area contributed by atoms with Crippen LogP contribution >= 0.6 is 27.5 Å². The summed E-state index contributed by atoms with van der Waals surface area (Å²) >= 11 is 9.06. The van der Waals surface area contributed by atoms with Gasteiger partial charge in [0, 0.05) is 4.47 Å². The van der Waals surface area contributed by atoms with Gasteiger partial charge in [-0.2, -0.15) is 0 Å². The van der Waals surface area contributed by atoms with E-state index < -0.39 is 15.6 Å². The maximum atomic E-state index is 11.9. The molecule has 0 amide bonds. The predicted octanol–water partition coefficient (Wildman–Crippen LogP) is 3.11. The molecular formula is C10H13BrClNO3S. The number of rotatable bonds is 3. The van der Waals surface area contributed by atoms with Crippen LogP contribution in [0.4, 0.5) is 0 Å².